The van der Waals surface area contributed by atoms with E-state index in [4.69, 9.17) is 11.6 Å². The average Bonchev–Trinajstić information content (AvgIpc) is 3.17. The Kier molecular flexibility index (Phi) is 6.21. The Bertz CT molecular complexity index is 1060. The predicted molar refractivity (Wildman–Crippen MR) is 117 cm³/mol. The van der Waals surface area contributed by atoms with Gasteiger partial charge in [0.15, 0.2) is 5.43 Å². The van der Waals surface area contributed by atoms with E-state index in [1.54, 1.807) is 29.5 Å². The van der Waals surface area contributed by atoms with Crippen LogP contribution in [0.3, 0.4) is 0 Å². The van der Waals surface area contributed by atoms with Crippen LogP contribution >= 0.6 is 22.9 Å². The highest BCUT2D eigenvalue weighted by Crippen LogP contribution is 2.26. The Morgan fingerprint density at radius 3 is 2.71 bits per heavy atom. The van der Waals surface area contributed by atoms with Crippen LogP contribution in [-0.2, 0) is 6.54 Å². The molecule has 1 amide bonds. The number of thiophene rings is 1. The molecule has 0 spiro atoms. The standard InChI is InChI=1S/C21H22ClN3O2S/c1-4-23-17-10-14(22)9-15(13(17)3)21(27)24-11-16-18(26)8-12(2)25-20(16)19-6-5-7-28-19/h5-10,23H,4,11H2,1-3H3,(H,24,27)(H,25,26). The molecular weight excluding hydrogens is 394 g/mol. The Balaban J connectivity index is 1.90. The molecule has 2 aromatic heterocycles. The van der Waals surface area contributed by atoms with Crippen molar-refractivity contribution in [3.63, 3.8) is 0 Å². The van der Waals surface area contributed by atoms with Crippen LogP contribution in [-0.4, -0.2) is 17.4 Å². The van der Waals surface area contributed by atoms with Crippen LogP contribution < -0.4 is 16.1 Å². The molecule has 0 saturated carbocycles. The number of H-pyrrole nitrogens is 1. The Morgan fingerprint density at radius 2 is 2.04 bits per heavy atom. The van der Waals surface area contributed by atoms with Crippen molar-refractivity contribution < 1.29 is 4.79 Å². The SMILES string of the molecule is CCNc1cc(Cl)cc(C(=O)NCc2c(-c3cccs3)[nH]c(C)cc2=O)c1C. The maximum Gasteiger partial charge on any atom is 0.251 e. The van der Waals surface area contributed by atoms with E-state index in [9.17, 15) is 9.59 Å². The van der Waals surface area contributed by atoms with Gasteiger partial charge in [0.2, 0.25) is 0 Å². The van der Waals surface area contributed by atoms with Crippen LogP contribution in [0.5, 0.6) is 0 Å². The molecule has 28 heavy (non-hydrogen) atoms. The van der Waals surface area contributed by atoms with Gasteiger partial charge >= 0.3 is 0 Å². The fourth-order valence-corrected chi connectivity index (χ4v) is 4.05. The molecule has 0 radical (unpaired) electrons. The number of amides is 1. The lowest BCUT2D eigenvalue weighted by molar-refractivity contribution is 0.0950. The highest BCUT2D eigenvalue weighted by Gasteiger charge is 2.16. The van der Waals surface area contributed by atoms with E-state index in [-0.39, 0.29) is 17.9 Å². The van der Waals surface area contributed by atoms with Gasteiger partial charge in [-0.05, 0) is 49.9 Å². The maximum atomic E-state index is 12.8. The van der Waals surface area contributed by atoms with Gasteiger partial charge in [0, 0.05) is 46.7 Å². The third-order valence-corrected chi connectivity index (χ3v) is 5.55. The summed E-state index contributed by atoms with van der Waals surface area (Å²) in [7, 11) is 0. The van der Waals surface area contributed by atoms with Gasteiger partial charge < -0.3 is 15.6 Å². The number of hydrogen-bond donors (Lipinski definition) is 3. The summed E-state index contributed by atoms with van der Waals surface area (Å²) < 4.78 is 0. The second-order valence-corrected chi connectivity index (χ2v) is 7.87. The summed E-state index contributed by atoms with van der Waals surface area (Å²) in [5, 5.41) is 8.52. The molecule has 0 aliphatic rings. The number of pyridine rings is 1. The number of rotatable bonds is 6. The maximum absolute atomic E-state index is 12.8. The number of aromatic nitrogens is 1. The Hall–Kier alpha value is -2.57. The van der Waals surface area contributed by atoms with Crippen molar-refractivity contribution in [2.24, 2.45) is 0 Å². The molecule has 0 saturated heterocycles. The van der Waals surface area contributed by atoms with E-state index in [1.807, 2.05) is 38.3 Å². The van der Waals surface area contributed by atoms with E-state index < -0.39 is 0 Å². The number of carbonyl (C=O) groups excluding carboxylic acids is 1. The first-order valence-corrected chi connectivity index (χ1v) is 10.2. The summed E-state index contributed by atoms with van der Waals surface area (Å²) >= 11 is 7.72. The van der Waals surface area contributed by atoms with Crippen molar-refractivity contribution in [1.29, 1.82) is 0 Å². The summed E-state index contributed by atoms with van der Waals surface area (Å²) in [6.07, 6.45) is 0. The van der Waals surface area contributed by atoms with Gasteiger partial charge in [-0.2, -0.15) is 0 Å². The van der Waals surface area contributed by atoms with Crippen molar-refractivity contribution in [1.82, 2.24) is 10.3 Å². The Morgan fingerprint density at radius 1 is 1.25 bits per heavy atom. The average molecular weight is 416 g/mol. The van der Waals surface area contributed by atoms with Crippen molar-refractivity contribution in [3.05, 3.63) is 73.3 Å². The van der Waals surface area contributed by atoms with Crippen LogP contribution in [0.1, 0.15) is 34.1 Å². The van der Waals surface area contributed by atoms with Crippen molar-refractivity contribution >= 4 is 34.5 Å². The molecule has 0 aliphatic carbocycles. The quantitative estimate of drug-likeness (QED) is 0.544. The fourth-order valence-electron chi connectivity index (χ4n) is 3.08. The first kappa shape index (κ1) is 20.2. The van der Waals surface area contributed by atoms with Crippen LogP contribution in [0.4, 0.5) is 5.69 Å². The molecule has 0 fully saturated rings. The number of anilines is 1. The van der Waals surface area contributed by atoms with Crippen LogP contribution in [0, 0.1) is 13.8 Å². The molecule has 2 heterocycles. The lowest BCUT2D eigenvalue weighted by Crippen LogP contribution is -2.27. The van der Waals surface area contributed by atoms with Crippen molar-refractivity contribution in [2.45, 2.75) is 27.3 Å². The zero-order valence-corrected chi connectivity index (χ0v) is 17.6. The van der Waals surface area contributed by atoms with Gasteiger partial charge in [-0.1, -0.05) is 17.7 Å². The van der Waals surface area contributed by atoms with Crippen LogP contribution in [0.2, 0.25) is 5.02 Å². The van der Waals surface area contributed by atoms with Crippen LogP contribution in [0.25, 0.3) is 10.6 Å². The van der Waals surface area contributed by atoms with Gasteiger partial charge in [-0.15, -0.1) is 11.3 Å². The molecule has 0 aliphatic heterocycles. The van der Waals surface area contributed by atoms with E-state index in [2.05, 4.69) is 15.6 Å². The number of benzene rings is 1. The predicted octanol–water partition coefficient (Wildman–Crippen LogP) is 4.74. The second kappa shape index (κ2) is 8.63. The number of aryl methyl sites for hydroxylation is 1. The number of carbonyl (C=O) groups is 1. The zero-order chi connectivity index (χ0) is 20.3. The summed E-state index contributed by atoms with van der Waals surface area (Å²) in [4.78, 5) is 29.6. The van der Waals surface area contributed by atoms with Crippen LogP contribution in [0.15, 0.2) is 40.5 Å². The van der Waals surface area contributed by atoms with E-state index in [0.29, 0.717) is 16.1 Å². The van der Waals surface area contributed by atoms with Gasteiger partial charge in [-0.25, -0.2) is 0 Å². The first-order chi connectivity index (χ1) is 13.4. The van der Waals surface area contributed by atoms with Gasteiger partial charge in [0.05, 0.1) is 10.6 Å². The summed E-state index contributed by atoms with van der Waals surface area (Å²) in [6, 6.07) is 8.88. The molecule has 5 nitrogen and oxygen atoms in total. The molecule has 146 valence electrons. The van der Waals surface area contributed by atoms with Crippen molar-refractivity contribution in [3.8, 4) is 10.6 Å². The first-order valence-electron chi connectivity index (χ1n) is 8.99. The molecule has 3 N–H and O–H groups in total. The Labute approximate surface area is 172 Å². The largest absolute Gasteiger partial charge is 0.385 e. The van der Waals surface area contributed by atoms with E-state index >= 15 is 0 Å². The highest BCUT2D eigenvalue weighted by atomic mass is 35.5. The summed E-state index contributed by atoms with van der Waals surface area (Å²) in [5.74, 6) is -0.267. The third kappa shape index (κ3) is 4.29. The number of aromatic amines is 1. The normalized spacial score (nSPS) is 10.7. The summed E-state index contributed by atoms with van der Waals surface area (Å²) in [5.41, 5.74) is 4.10. The number of hydrogen-bond acceptors (Lipinski definition) is 4. The lowest BCUT2D eigenvalue weighted by Gasteiger charge is -2.14. The third-order valence-electron chi connectivity index (χ3n) is 4.45. The number of halogens is 1. The molecule has 7 heteroatoms. The highest BCUT2D eigenvalue weighted by molar-refractivity contribution is 7.13. The minimum atomic E-state index is -0.267. The van der Waals surface area contributed by atoms with E-state index in [1.165, 1.54) is 0 Å². The minimum absolute atomic E-state index is 0.101. The zero-order valence-electron chi connectivity index (χ0n) is 16.0. The fraction of sp³-hybridized carbons (Fsp3) is 0.238. The molecule has 3 aromatic rings. The molecule has 0 bridgehead atoms. The molecule has 0 atom stereocenters. The molecule has 3 rings (SSSR count). The van der Waals surface area contributed by atoms with Gasteiger partial charge in [-0.3, -0.25) is 9.59 Å². The summed E-state index contributed by atoms with van der Waals surface area (Å²) in [6.45, 7) is 6.56. The van der Waals surface area contributed by atoms with Crippen molar-refractivity contribution in [2.75, 3.05) is 11.9 Å². The smallest absolute Gasteiger partial charge is 0.251 e. The molecule has 1 aromatic carbocycles. The molecule has 0 unspecified atom stereocenters. The van der Waals surface area contributed by atoms with E-state index in [0.717, 1.165) is 34.1 Å². The second-order valence-electron chi connectivity index (χ2n) is 6.49. The van der Waals surface area contributed by atoms with Gasteiger partial charge in [0.1, 0.15) is 0 Å². The number of nitrogens with one attached hydrogen (secondary N) is 3. The van der Waals surface area contributed by atoms with Gasteiger partial charge in [0.25, 0.3) is 5.91 Å². The lowest BCUT2D eigenvalue weighted by atomic mass is 10.1. The minimum Gasteiger partial charge on any atom is -0.385 e. The molecular formula is C21H22ClN3O2S. The monoisotopic (exact) mass is 415 g/mol. The topological polar surface area (TPSA) is 74.0 Å².